The highest BCUT2D eigenvalue weighted by atomic mass is 16.5. The van der Waals surface area contributed by atoms with Crippen molar-refractivity contribution in [3.8, 4) is 0 Å². The molecule has 0 aliphatic carbocycles. The Kier molecular flexibility index (Phi) is 5.06. The number of benzene rings is 1. The molecule has 2 aliphatic heterocycles. The molecule has 6 heteroatoms. The second-order valence-corrected chi connectivity index (χ2v) is 8.15. The average Bonchev–Trinajstić information content (AvgIpc) is 2.70. The standard InChI is InChI=1S/C22H28N4O2/c1-15(2)17-5-3-16(4-6-17)13-19(27)26-10-8-22(9-11-26)20-18(7-12-28-22)14-24-21(23)25-20/h3-6,14-15H,7-13H2,1-2H3,(H2,23,24,25). The molecule has 0 saturated carbocycles. The van der Waals surface area contributed by atoms with Crippen molar-refractivity contribution in [2.45, 2.75) is 51.0 Å². The number of likely N-dealkylation sites (tertiary alicyclic amines) is 1. The summed E-state index contributed by atoms with van der Waals surface area (Å²) in [6.45, 7) is 6.36. The van der Waals surface area contributed by atoms with Gasteiger partial charge in [-0.05, 0) is 41.9 Å². The van der Waals surface area contributed by atoms with Crippen molar-refractivity contribution in [2.75, 3.05) is 25.4 Å². The lowest BCUT2D eigenvalue weighted by atomic mass is 9.83. The van der Waals surface area contributed by atoms with Gasteiger partial charge in [0.25, 0.3) is 0 Å². The van der Waals surface area contributed by atoms with Gasteiger partial charge in [0.2, 0.25) is 11.9 Å². The topological polar surface area (TPSA) is 81.3 Å². The SMILES string of the molecule is CC(C)c1ccc(CC(=O)N2CCC3(CC2)OCCc2cnc(N)nc23)cc1. The number of hydrogen-bond acceptors (Lipinski definition) is 5. The van der Waals surface area contributed by atoms with Crippen molar-refractivity contribution in [1.82, 2.24) is 14.9 Å². The number of carbonyl (C=O) groups excluding carboxylic acids is 1. The number of ether oxygens (including phenoxy) is 1. The number of amides is 1. The van der Waals surface area contributed by atoms with Crippen molar-refractivity contribution >= 4 is 11.9 Å². The molecule has 0 bridgehead atoms. The van der Waals surface area contributed by atoms with Crippen molar-refractivity contribution in [1.29, 1.82) is 0 Å². The van der Waals surface area contributed by atoms with E-state index in [1.807, 2.05) is 11.1 Å². The highest BCUT2D eigenvalue weighted by molar-refractivity contribution is 5.79. The number of hydrogen-bond donors (Lipinski definition) is 1. The number of carbonyl (C=O) groups is 1. The Morgan fingerprint density at radius 1 is 1.25 bits per heavy atom. The monoisotopic (exact) mass is 380 g/mol. The van der Waals surface area contributed by atoms with Crippen LogP contribution in [0.5, 0.6) is 0 Å². The largest absolute Gasteiger partial charge is 0.368 e. The molecule has 1 saturated heterocycles. The van der Waals surface area contributed by atoms with Crippen molar-refractivity contribution < 1.29 is 9.53 Å². The first-order valence-electron chi connectivity index (χ1n) is 10.1. The predicted molar refractivity (Wildman–Crippen MR) is 108 cm³/mol. The van der Waals surface area contributed by atoms with Crippen molar-refractivity contribution in [3.05, 3.63) is 52.8 Å². The Balaban J connectivity index is 1.42. The van der Waals surface area contributed by atoms with Gasteiger partial charge in [-0.2, -0.15) is 0 Å². The first-order valence-corrected chi connectivity index (χ1v) is 10.1. The molecule has 1 aromatic carbocycles. The van der Waals surface area contributed by atoms with Gasteiger partial charge in [0.15, 0.2) is 0 Å². The Morgan fingerprint density at radius 2 is 1.96 bits per heavy atom. The lowest BCUT2D eigenvalue weighted by Crippen LogP contribution is -2.49. The molecule has 1 amide bonds. The van der Waals surface area contributed by atoms with Gasteiger partial charge in [-0.1, -0.05) is 38.1 Å². The van der Waals surface area contributed by atoms with Crippen LogP contribution >= 0.6 is 0 Å². The number of rotatable bonds is 3. The van der Waals surface area contributed by atoms with Crippen LogP contribution < -0.4 is 5.73 Å². The van der Waals surface area contributed by atoms with Crippen LogP contribution in [0.2, 0.25) is 0 Å². The molecule has 6 nitrogen and oxygen atoms in total. The summed E-state index contributed by atoms with van der Waals surface area (Å²) in [6, 6.07) is 8.38. The first-order chi connectivity index (χ1) is 13.5. The van der Waals surface area contributed by atoms with Gasteiger partial charge in [-0.25, -0.2) is 9.97 Å². The second-order valence-electron chi connectivity index (χ2n) is 8.15. The molecule has 2 aromatic rings. The normalized spacial score (nSPS) is 18.3. The number of fused-ring (bicyclic) bond motifs is 2. The molecule has 2 N–H and O–H groups in total. The fraction of sp³-hybridized carbons (Fsp3) is 0.500. The zero-order valence-corrected chi connectivity index (χ0v) is 16.6. The minimum atomic E-state index is -0.430. The molecule has 3 heterocycles. The van der Waals surface area contributed by atoms with Gasteiger partial charge in [-0.15, -0.1) is 0 Å². The van der Waals surface area contributed by atoms with Crippen LogP contribution in [0.25, 0.3) is 0 Å². The van der Waals surface area contributed by atoms with Crippen LogP contribution in [-0.4, -0.2) is 40.5 Å². The van der Waals surface area contributed by atoms with E-state index < -0.39 is 5.60 Å². The molecule has 4 rings (SSSR count). The number of piperidine rings is 1. The molecule has 1 aromatic heterocycles. The lowest BCUT2D eigenvalue weighted by Gasteiger charge is -2.44. The number of nitrogen functional groups attached to an aromatic ring is 1. The van der Waals surface area contributed by atoms with Gasteiger partial charge in [0.05, 0.1) is 18.7 Å². The van der Waals surface area contributed by atoms with E-state index in [9.17, 15) is 4.79 Å². The van der Waals surface area contributed by atoms with Crippen molar-refractivity contribution in [3.63, 3.8) is 0 Å². The van der Waals surface area contributed by atoms with Gasteiger partial charge >= 0.3 is 0 Å². The highest BCUT2D eigenvalue weighted by Gasteiger charge is 2.43. The van der Waals surface area contributed by atoms with Gasteiger partial charge < -0.3 is 15.4 Å². The smallest absolute Gasteiger partial charge is 0.226 e. The summed E-state index contributed by atoms with van der Waals surface area (Å²) in [7, 11) is 0. The van der Waals surface area contributed by atoms with E-state index in [4.69, 9.17) is 10.5 Å². The number of anilines is 1. The maximum Gasteiger partial charge on any atom is 0.226 e. The average molecular weight is 380 g/mol. The van der Waals surface area contributed by atoms with Crippen LogP contribution in [0, 0.1) is 0 Å². The predicted octanol–water partition coefficient (Wildman–Crippen LogP) is 2.82. The van der Waals surface area contributed by atoms with Crippen LogP contribution in [0.15, 0.2) is 30.5 Å². The fourth-order valence-corrected chi connectivity index (χ4v) is 4.23. The summed E-state index contributed by atoms with van der Waals surface area (Å²) in [5, 5.41) is 0. The number of nitrogens with zero attached hydrogens (tertiary/aromatic N) is 3. The van der Waals surface area contributed by atoms with Gasteiger partial charge in [0.1, 0.15) is 5.60 Å². The summed E-state index contributed by atoms with van der Waals surface area (Å²) in [5.41, 5.74) is 9.79. The minimum Gasteiger partial charge on any atom is -0.368 e. The summed E-state index contributed by atoms with van der Waals surface area (Å²) in [5.74, 6) is 0.955. The fourth-order valence-electron chi connectivity index (χ4n) is 4.23. The molecule has 1 fully saturated rings. The van der Waals surface area contributed by atoms with E-state index in [0.717, 1.165) is 36.1 Å². The Bertz CT molecular complexity index is 855. The van der Waals surface area contributed by atoms with Crippen LogP contribution in [0.3, 0.4) is 0 Å². The lowest BCUT2D eigenvalue weighted by molar-refractivity contribution is -0.140. The molecule has 28 heavy (non-hydrogen) atoms. The van der Waals surface area contributed by atoms with Gasteiger partial charge in [0, 0.05) is 19.3 Å². The molecule has 0 radical (unpaired) electrons. The maximum atomic E-state index is 12.8. The van der Waals surface area contributed by atoms with E-state index in [1.54, 1.807) is 0 Å². The maximum absolute atomic E-state index is 12.8. The summed E-state index contributed by atoms with van der Waals surface area (Å²) < 4.78 is 6.19. The Morgan fingerprint density at radius 3 is 2.64 bits per heavy atom. The molecular formula is C22H28N4O2. The zero-order valence-electron chi connectivity index (χ0n) is 16.6. The molecule has 0 unspecified atom stereocenters. The van der Waals surface area contributed by atoms with Crippen LogP contribution in [0.4, 0.5) is 5.95 Å². The van der Waals surface area contributed by atoms with E-state index in [1.165, 1.54) is 5.56 Å². The molecule has 1 spiro atoms. The summed E-state index contributed by atoms with van der Waals surface area (Å²) >= 11 is 0. The Labute approximate surface area is 166 Å². The third-order valence-electron chi connectivity index (χ3n) is 5.99. The summed E-state index contributed by atoms with van der Waals surface area (Å²) in [6.07, 6.45) is 4.56. The molecule has 2 aliphatic rings. The van der Waals surface area contributed by atoms with E-state index in [0.29, 0.717) is 32.0 Å². The quantitative estimate of drug-likeness (QED) is 0.885. The van der Waals surface area contributed by atoms with Crippen LogP contribution in [0.1, 0.15) is 55.0 Å². The van der Waals surface area contributed by atoms with E-state index >= 15 is 0 Å². The Hall–Kier alpha value is -2.47. The van der Waals surface area contributed by atoms with E-state index in [-0.39, 0.29) is 11.9 Å². The van der Waals surface area contributed by atoms with E-state index in [2.05, 4.69) is 48.1 Å². The van der Waals surface area contributed by atoms with Crippen molar-refractivity contribution in [2.24, 2.45) is 0 Å². The first kappa shape index (κ1) is 18.9. The van der Waals surface area contributed by atoms with Gasteiger partial charge in [-0.3, -0.25) is 4.79 Å². The molecule has 148 valence electrons. The minimum absolute atomic E-state index is 0.172. The summed E-state index contributed by atoms with van der Waals surface area (Å²) in [4.78, 5) is 23.4. The third-order valence-corrected chi connectivity index (χ3v) is 5.99. The second kappa shape index (κ2) is 7.51. The molecule has 0 atom stereocenters. The number of nitrogens with two attached hydrogens (primary N) is 1. The highest BCUT2D eigenvalue weighted by Crippen LogP contribution is 2.40. The van der Waals surface area contributed by atoms with Crippen LogP contribution in [-0.2, 0) is 28.0 Å². The zero-order chi connectivity index (χ0) is 19.7. The molecular weight excluding hydrogens is 352 g/mol. The number of aromatic nitrogens is 2. The third kappa shape index (κ3) is 3.61.